The lowest BCUT2D eigenvalue weighted by Gasteiger charge is -2.18. The van der Waals surface area contributed by atoms with Gasteiger partial charge in [0.05, 0.1) is 0 Å². The number of hydrogen-bond donors (Lipinski definition) is 0. The number of carbonyl (C=O) groups excluding carboxylic acids is 3. The maximum atomic E-state index is 12.9. The van der Waals surface area contributed by atoms with E-state index in [1.54, 1.807) is 0 Å². The first-order valence-corrected chi connectivity index (χ1v) is 36.8. The summed E-state index contributed by atoms with van der Waals surface area (Å²) in [7, 11) is 0. The highest BCUT2D eigenvalue weighted by Crippen LogP contribution is 2.19. The van der Waals surface area contributed by atoms with Crippen LogP contribution in [0.4, 0.5) is 0 Å². The van der Waals surface area contributed by atoms with Gasteiger partial charge in [0.15, 0.2) is 6.10 Å². The fraction of sp³-hybridized carbons (Fsp3) is 0.831. The Morgan fingerprint density at radius 3 is 0.759 bits per heavy atom. The Morgan fingerprint density at radius 1 is 0.253 bits per heavy atom. The molecule has 0 aliphatic heterocycles. The maximum Gasteiger partial charge on any atom is 0.306 e. The van der Waals surface area contributed by atoms with E-state index in [0.717, 1.165) is 96.3 Å². The Kier molecular flexibility index (Phi) is 69.1. The van der Waals surface area contributed by atoms with E-state index in [1.807, 2.05) is 0 Å². The van der Waals surface area contributed by atoms with E-state index in [-0.39, 0.29) is 31.1 Å². The lowest BCUT2D eigenvalue weighted by molar-refractivity contribution is -0.167. The van der Waals surface area contributed by atoms with Crippen LogP contribution in [-0.2, 0) is 28.6 Å². The number of rotatable bonds is 68. The van der Waals surface area contributed by atoms with E-state index >= 15 is 0 Å². The third-order valence-electron chi connectivity index (χ3n) is 16.5. The van der Waals surface area contributed by atoms with E-state index in [2.05, 4.69) is 81.5 Å². The van der Waals surface area contributed by atoms with Crippen molar-refractivity contribution in [2.45, 2.75) is 399 Å². The Labute approximate surface area is 517 Å². The predicted octanol–water partition coefficient (Wildman–Crippen LogP) is 25.5. The maximum absolute atomic E-state index is 12.9. The van der Waals surface area contributed by atoms with Gasteiger partial charge in [0, 0.05) is 19.3 Å². The lowest BCUT2D eigenvalue weighted by atomic mass is 10.0. The molecule has 0 amide bonds. The van der Waals surface area contributed by atoms with Crippen LogP contribution in [0.1, 0.15) is 393 Å². The van der Waals surface area contributed by atoms with Crippen LogP contribution in [0.25, 0.3) is 0 Å². The Bertz CT molecular complexity index is 1470. The second kappa shape index (κ2) is 71.6. The zero-order valence-electron chi connectivity index (χ0n) is 55.7. The molecule has 0 N–H and O–H groups in total. The summed E-state index contributed by atoms with van der Waals surface area (Å²) in [6.07, 6.45) is 92.7. The number of unbranched alkanes of at least 4 members (excludes halogenated alkanes) is 47. The molecule has 0 aromatic rings. The molecule has 0 spiro atoms. The summed E-state index contributed by atoms with van der Waals surface area (Å²) in [6.45, 7) is 6.56. The molecule has 0 heterocycles. The normalized spacial score (nSPS) is 12.4. The van der Waals surface area contributed by atoms with Crippen molar-refractivity contribution in [2.24, 2.45) is 0 Å². The Balaban J connectivity index is 4.17. The summed E-state index contributed by atoms with van der Waals surface area (Å²) in [4.78, 5) is 38.4. The van der Waals surface area contributed by atoms with Gasteiger partial charge in [-0.2, -0.15) is 0 Å². The van der Waals surface area contributed by atoms with E-state index in [0.29, 0.717) is 19.3 Å². The minimum absolute atomic E-state index is 0.0765. The van der Waals surface area contributed by atoms with Gasteiger partial charge in [-0.05, 0) is 83.5 Å². The first-order chi connectivity index (χ1) is 41.0. The predicted molar refractivity (Wildman–Crippen MR) is 362 cm³/mol. The van der Waals surface area contributed by atoms with Crippen molar-refractivity contribution in [1.82, 2.24) is 0 Å². The van der Waals surface area contributed by atoms with Crippen molar-refractivity contribution in [3.05, 3.63) is 60.8 Å². The molecule has 6 nitrogen and oxygen atoms in total. The largest absolute Gasteiger partial charge is 0.462 e. The molecule has 0 aliphatic rings. The van der Waals surface area contributed by atoms with Crippen molar-refractivity contribution in [1.29, 1.82) is 0 Å². The van der Waals surface area contributed by atoms with Gasteiger partial charge in [-0.25, -0.2) is 0 Å². The molecular weight excluding hydrogens is 1020 g/mol. The second-order valence-corrected chi connectivity index (χ2v) is 24.8. The third kappa shape index (κ3) is 69.8. The summed E-state index contributed by atoms with van der Waals surface area (Å²) in [5, 5.41) is 0. The molecule has 1 atom stereocenters. The SMILES string of the molecule is CC/C=C\C/C=C\C/C=C\C/C=C\CCCCCCCCCCC(=O)OC(COC(=O)CCCCCCC/C=C\CCCCCC)COC(=O)CCCCCCCCCCCCCCCCCCCCCCCCCCCCCCCCC. The van der Waals surface area contributed by atoms with Gasteiger partial charge in [-0.15, -0.1) is 0 Å². The van der Waals surface area contributed by atoms with Crippen molar-refractivity contribution < 1.29 is 28.6 Å². The minimum atomic E-state index is -0.782. The number of ether oxygens (including phenoxy) is 3. The molecule has 0 aliphatic carbocycles. The van der Waals surface area contributed by atoms with Gasteiger partial charge in [-0.3, -0.25) is 14.4 Å². The first kappa shape index (κ1) is 80.1. The van der Waals surface area contributed by atoms with E-state index in [4.69, 9.17) is 14.2 Å². The molecule has 0 radical (unpaired) electrons. The van der Waals surface area contributed by atoms with Gasteiger partial charge in [0.25, 0.3) is 0 Å². The van der Waals surface area contributed by atoms with Gasteiger partial charge < -0.3 is 14.2 Å². The number of hydrogen-bond acceptors (Lipinski definition) is 6. The molecule has 83 heavy (non-hydrogen) atoms. The van der Waals surface area contributed by atoms with Crippen LogP contribution < -0.4 is 0 Å². The zero-order chi connectivity index (χ0) is 59.9. The van der Waals surface area contributed by atoms with Crippen molar-refractivity contribution in [3.8, 4) is 0 Å². The van der Waals surface area contributed by atoms with Crippen LogP contribution in [0.5, 0.6) is 0 Å². The van der Waals surface area contributed by atoms with Crippen LogP contribution >= 0.6 is 0 Å². The highest BCUT2D eigenvalue weighted by molar-refractivity contribution is 5.71. The van der Waals surface area contributed by atoms with Crippen molar-refractivity contribution in [2.75, 3.05) is 13.2 Å². The molecule has 0 saturated carbocycles. The molecule has 0 aromatic heterocycles. The first-order valence-electron chi connectivity index (χ1n) is 36.8. The topological polar surface area (TPSA) is 78.9 Å². The van der Waals surface area contributed by atoms with Gasteiger partial charge >= 0.3 is 17.9 Å². The van der Waals surface area contributed by atoms with Crippen molar-refractivity contribution in [3.63, 3.8) is 0 Å². The number of carbonyl (C=O) groups is 3. The van der Waals surface area contributed by atoms with Crippen LogP contribution in [0.2, 0.25) is 0 Å². The van der Waals surface area contributed by atoms with Crippen LogP contribution in [-0.4, -0.2) is 37.2 Å². The smallest absolute Gasteiger partial charge is 0.306 e. The van der Waals surface area contributed by atoms with Crippen molar-refractivity contribution >= 4 is 17.9 Å². The highest BCUT2D eigenvalue weighted by Gasteiger charge is 2.19. The zero-order valence-corrected chi connectivity index (χ0v) is 55.7. The molecule has 0 rings (SSSR count). The van der Waals surface area contributed by atoms with E-state index in [1.165, 1.54) is 257 Å². The number of allylic oxidation sites excluding steroid dienone is 10. The van der Waals surface area contributed by atoms with Gasteiger partial charge in [-0.1, -0.05) is 351 Å². The molecule has 6 heteroatoms. The minimum Gasteiger partial charge on any atom is -0.462 e. The standard InChI is InChI=1S/C77H140O6/c1-4-7-10-13-16-19-22-25-27-29-31-33-34-35-36-37-38-39-40-41-42-44-45-47-49-52-55-58-61-64-67-70-76(79)82-73-74(72-81-75(78)69-66-63-60-57-54-51-24-21-18-15-12-9-6-3)83-77(80)71-68-65-62-59-56-53-50-48-46-43-32-30-28-26-23-20-17-14-11-8-5-2/h8,11,17,20-21,24,26,28,32,43,74H,4-7,9-10,12-16,18-19,22-23,25,27,29-31,33-42,44-73H2,1-3H3/b11-8-,20-17-,24-21-,28-26-,43-32-. The summed E-state index contributed by atoms with van der Waals surface area (Å²) < 4.78 is 17.0. The Morgan fingerprint density at radius 2 is 0.470 bits per heavy atom. The molecule has 0 fully saturated rings. The van der Waals surface area contributed by atoms with Crippen LogP contribution in [0.3, 0.4) is 0 Å². The number of esters is 3. The monoisotopic (exact) mass is 1160 g/mol. The van der Waals surface area contributed by atoms with E-state index < -0.39 is 6.10 Å². The average Bonchev–Trinajstić information content (AvgIpc) is 3.49. The summed E-state index contributed by atoms with van der Waals surface area (Å²) in [5.41, 5.74) is 0. The lowest BCUT2D eigenvalue weighted by Crippen LogP contribution is -2.30. The van der Waals surface area contributed by atoms with Crippen LogP contribution in [0.15, 0.2) is 60.8 Å². The molecule has 0 aromatic carbocycles. The average molecular weight is 1160 g/mol. The van der Waals surface area contributed by atoms with E-state index in [9.17, 15) is 14.4 Å². The molecular formula is C77H140O6. The van der Waals surface area contributed by atoms with Gasteiger partial charge in [0.2, 0.25) is 0 Å². The molecule has 0 bridgehead atoms. The molecule has 1 unspecified atom stereocenters. The fourth-order valence-electron chi connectivity index (χ4n) is 11.0. The summed E-state index contributed by atoms with van der Waals surface area (Å²) >= 11 is 0. The molecule has 484 valence electrons. The fourth-order valence-corrected chi connectivity index (χ4v) is 11.0. The summed E-state index contributed by atoms with van der Waals surface area (Å²) in [5.74, 6) is -0.870. The summed E-state index contributed by atoms with van der Waals surface area (Å²) in [6, 6.07) is 0. The Hall–Kier alpha value is -2.89. The highest BCUT2D eigenvalue weighted by atomic mass is 16.6. The van der Waals surface area contributed by atoms with Crippen LogP contribution in [0, 0.1) is 0 Å². The third-order valence-corrected chi connectivity index (χ3v) is 16.5. The quantitative estimate of drug-likeness (QED) is 0.0261. The second-order valence-electron chi connectivity index (χ2n) is 24.8. The molecule has 0 saturated heterocycles. The van der Waals surface area contributed by atoms with Gasteiger partial charge in [0.1, 0.15) is 13.2 Å².